The minimum Gasteiger partial charge on any atom is -0.277 e. The van der Waals surface area contributed by atoms with Gasteiger partial charge in [-0.05, 0) is 39.3 Å². The third-order valence-electron chi connectivity index (χ3n) is 8.28. The zero-order chi connectivity index (χ0) is 25.4. The lowest BCUT2D eigenvalue weighted by atomic mass is 9.80. The highest BCUT2D eigenvalue weighted by atomic mass is 15.1. The third kappa shape index (κ3) is 2.79. The molecule has 5 aromatic carbocycles. The van der Waals surface area contributed by atoms with E-state index >= 15 is 0 Å². The van der Waals surface area contributed by atoms with Gasteiger partial charge in [-0.25, -0.2) is 9.97 Å². The van der Waals surface area contributed by atoms with Gasteiger partial charge in [-0.3, -0.25) is 4.57 Å². The first-order valence-electron chi connectivity index (χ1n) is 13.1. The first-order valence-corrected chi connectivity index (χ1v) is 13.1. The second-order valence-electron chi connectivity index (χ2n) is 10.7. The Morgan fingerprint density at radius 1 is 0.605 bits per heavy atom. The summed E-state index contributed by atoms with van der Waals surface area (Å²) in [5.74, 6) is 0.689. The van der Waals surface area contributed by atoms with Crippen LogP contribution >= 0.6 is 0 Å². The lowest BCUT2D eigenvalue weighted by Crippen LogP contribution is -2.16. The molecule has 7 aromatic rings. The number of benzene rings is 5. The van der Waals surface area contributed by atoms with Gasteiger partial charge in [0.1, 0.15) is 0 Å². The van der Waals surface area contributed by atoms with Gasteiger partial charge in [0.05, 0.1) is 11.0 Å². The highest BCUT2D eigenvalue weighted by Gasteiger charge is 2.37. The minimum atomic E-state index is -0.126. The SMILES string of the molecule is CC1(C)c2ccccc2-c2ccc3ccc4c5ccccc5n(-c5ncc(-c6ccccc6)cn5)c4c3c21. The molecule has 0 unspecified atom stereocenters. The predicted molar refractivity (Wildman–Crippen MR) is 157 cm³/mol. The predicted octanol–water partition coefficient (Wildman–Crippen LogP) is 8.70. The fraction of sp³-hybridized carbons (Fsp3) is 0.0857. The number of para-hydroxylation sites is 1. The normalized spacial score (nSPS) is 13.7. The Morgan fingerprint density at radius 2 is 1.32 bits per heavy atom. The van der Waals surface area contributed by atoms with Crippen molar-refractivity contribution in [2.24, 2.45) is 0 Å². The van der Waals surface area contributed by atoms with Crippen molar-refractivity contribution in [2.75, 3.05) is 0 Å². The molecule has 8 rings (SSSR count). The molecule has 1 aliphatic rings. The van der Waals surface area contributed by atoms with Crippen LogP contribution in [0.25, 0.3) is 60.8 Å². The van der Waals surface area contributed by atoms with Crippen LogP contribution in [-0.4, -0.2) is 14.5 Å². The molecule has 3 heteroatoms. The summed E-state index contributed by atoms with van der Waals surface area (Å²) in [6.07, 6.45) is 3.88. The summed E-state index contributed by atoms with van der Waals surface area (Å²) in [5, 5.41) is 4.96. The number of aromatic nitrogens is 3. The Labute approximate surface area is 221 Å². The summed E-state index contributed by atoms with van der Waals surface area (Å²) in [5.41, 5.74) is 9.71. The summed E-state index contributed by atoms with van der Waals surface area (Å²) < 4.78 is 2.26. The second-order valence-corrected chi connectivity index (χ2v) is 10.7. The van der Waals surface area contributed by atoms with Crippen molar-refractivity contribution in [1.29, 1.82) is 0 Å². The molecule has 0 amide bonds. The molecular weight excluding hydrogens is 462 g/mol. The molecule has 2 aromatic heterocycles. The van der Waals surface area contributed by atoms with E-state index in [9.17, 15) is 0 Å². The van der Waals surface area contributed by atoms with Gasteiger partial charge in [-0.1, -0.05) is 111 Å². The lowest BCUT2D eigenvalue weighted by Gasteiger charge is -2.24. The molecule has 0 spiro atoms. The van der Waals surface area contributed by atoms with E-state index < -0.39 is 0 Å². The summed E-state index contributed by atoms with van der Waals surface area (Å²) >= 11 is 0. The fourth-order valence-corrected chi connectivity index (χ4v) is 6.56. The van der Waals surface area contributed by atoms with E-state index in [4.69, 9.17) is 9.97 Å². The molecular formula is C35H25N3. The van der Waals surface area contributed by atoms with E-state index in [2.05, 4.69) is 103 Å². The van der Waals surface area contributed by atoms with Crippen molar-refractivity contribution < 1.29 is 0 Å². The summed E-state index contributed by atoms with van der Waals surface area (Å²) in [6.45, 7) is 4.71. The van der Waals surface area contributed by atoms with Gasteiger partial charge in [-0.15, -0.1) is 0 Å². The molecule has 3 nitrogen and oxygen atoms in total. The molecule has 0 aliphatic heterocycles. The Hall–Kier alpha value is -4.76. The number of hydrogen-bond acceptors (Lipinski definition) is 2. The molecule has 0 radical (unpaired) electrons. The van der Waals surface area contributed by atoms with Crippen molar-refractivity contribution in [3.05, 3.63) is 127 Å². The standard InChI is InChI=1S/C35H25N3/c1-35(2)29-14-8-6-12-25(29)27-18-16-23-17-19-28-26-13-7-9-15-30(26)38(33(28)31(23)32(27)35)34-36-20-24(21-37-34)22-10-4-3-5-11-22/h3-21H,1-2H3. The maximum atomic E-state index is 4.93. The van der Waals surface area contributed by atoms with Crippen LogP contribution in [0.2, 0.25) is 0 Å². The van der Waals surface area contributed by atoms with Crippen LogP contribution < -0.4 is 0 Å². The van der Waals surface area contributed by atoms with E-state index in [1.807, 2.05) is 30.6 Å². The summed E-state index contributed by atoms with van der Waals surface area (Å²) in [7, 11) is 0. The van der Waals surface area contributed by atoms with E-state index in [0.717, 1.165) is 16.6 Å². The smallest absolute Gasteiger partial charge is 0.234 e. The topological polar surface area (TPSA) is 30.7 Å². The van der Waals surface area contributed by atoms with Gasteiger partial charge in [0.15, 0.2) is 0 Å². The maximum absolute atomic E-state index is 4.93. The molecule has 1 aliphatic carbocycles. The number of nitrogens with zero attached hydrogens (tertiary/aromatic N) is 3. The molecule has 0 N–H and O–H groups in total. The average molecular weight is 488 g/mol. The number of fused-ring (bicyclic) bond motifs is 9. The first-order chi connectivity index (χ1) is 18.6. The van der Waals surface area contributed by atoms with Crippen LogP contribution in [0.4, 0.5) is 0 Å². The molecule has 180 valence electrons. The van der Waals surface area contributed by atoms with E-state index in [1.165, 1.54) is 49.3 Å². The van der Waals surface area contributed by atoms with E-state index in [0.29, 0.717) is 5.95 Å². The number of hydrogen-bond donors (Lipinski definition) is 0. The van der Waals surface area contributed by atoms with Gasteiger partial charge >= 0.3 is 0 Å². The van der Waals surface area contributed by atoms with Crippen LogP contribution in [0.15, 0.2) is 116 Å². The third-order valence-corrected chi connectivity index (χ3v) is 8.28. The van der Waals surface area contributed by atoms with Gasteiger partial charge in [-0.2, -0.15) is 0 Å². The lowest BCUT2D eigenvalue weighted by molar-refractivity contribution is 0.666. The monoisotopic (exact) mass is 487 g/mol. The van der Waals surface area contributed by atoms with Crippen LogP contribution in [0.5, 0.6) is 0 Å². The van der Waals surface area contributed by atoms with Crippen LogP contribution in [0.3, 0.4) is 0 Å². The molecule has 38 heavy (non-hydrogen) atoms. The largest absolute Gasteiger partial charge is 0.277 e. The molecule has 0 atom stereocenters. The Bertz CT molecular complexity index is 2030. The molecule has 0 fully saturated rings. The van der Waals surface area contributed by atoms with Gasteiger partial charge in [0.2, 0.25) is 5.95 Å². The van der Waals surface area contributed by atoms with Crippen molar-refractivity contribution in [1.82, 2.24) is 14.5 Å². The fourth-order valence-electron chi connectivity index (χ4n) is 6.56. The van der Waals surface area contributed by atoms with Gasteiger partial charge in [0, 0.05) is 39.5 Å². The van der Waals surface area contributed by atoms with Crippen LogP contribution in [0.1, 0.15) is 25.0 Å². The average Bonchev–Trinajstić information content (AvgIpc) is 3.43. The minimum absolute atomic E-state index is 0.126. The van der Waals surface area contributed by atoms with Gasteiger partial charge < -0.3 is 0 Å². The van der Waals surface area contributed by atoms with E-state index in [1.54, 1.807) is 0 Å². The van der Waals surface area contributed by atoms with Crippen molar-refractivity contribution in [3.8, 4) is 28.2 Å². The zero-order valence-corrected chi connectivity index (χ0v) is 21.3. The summed E-state index contributed by atoms with van der Waals surface area (Å²) in [6, 6.07) is 36.9. The van der Waals surface area contributed by atoms with Crippen molar-refractivity contribution in [2.45, 2.75) is 19.3 Å². The number of rotatable bonds is 2. The maximum Gasteiger partial charge on any atom is 0.234 e. The zero-order valence-electron chi connectivity index (χ0n) is 21.3. The highest BCUT2D eigenvalue weighted by molar-refractivity contribution is 6.20. The van der Waals surface area contributed by atoms with Crippen LogP contribution in [-0.2, 0) is 5.41 Å². The Balaban J connectivity index is 1.50. The second kappa shape index (κ2) is 7.62. The van der Waals surface area contributed by atoms with Crippen LogP contribution in [0, 0.1) is 0 Å². The molecule has 2 heterocycles. The quantitative estimate of drug-likeness (QED) is 0.244. The van der Waals surface area contributed by atoms with Crippen molar-refractivity contribution in [3.63, 3.8) is 0 Å². The Kier molecular flexibility index (Phi) is 4.28. The molecule has 0 saturated heterocycles. The summed E-state index contributed by atoms with van der Waals surface area (Å²) in [4.78, 5) is 9.85. The highest BCUT2D eigenvalue weighted by Crippen LogP contribution is 2.53. The van der Waals surface area contributed by atoms with E-state index in [-0.39, 0.29) is 5.41 Å². The molecule has 0 saturated carbocycles. The van der Waals surface area contributed by atoms with Gasteiger partial charge in [0.25, 0.3) is 0 Å². The molecule has 0 bridgehead atoms. The van der Waals surface area contributed by atoms with Crippen molar-refractivity contribution >= 4 is 32.6 Å². The first kappa shape index (κ1) is 21.3. The Morgan fingerprint density at radius 3 is 2.16 bits per heavy atom.